The summed E-state index contributed by atoms with van der Waals surface area (Å²) in [5.41, 5.74) is 5.28. The largest absolute Gasteiger partial charge is 0.368 e. The van der Waals surface area contributed by atoms with Crippen molar-refractivity contribution in [3.05, 3.63) is 0 Å². The van der Waals surface area contributed by atoms with Gasteiger partial charge in [0.1, 0.15) is 0 Å². The van der Waals surface area contributed by atoms with Gasteiger partial charge in [-0.2, -0.15) is 15.0 Å². The topological polar surface area (TPSA) is 120 Å². The Labute approximate surface area is 74.0 Å². The molecule has 1 aromatic rings. The van der Waals surface area contributed by atoms with Gasteiger partial charge in [-0.3, -0.25) is 10.4 Å². The number of anilines is 3. The molecule has 1 aromatic heterocycles. The number of hydrogen-bond donors (Lipinski definition) is 4. The molecule has 0 bridgehead atoms. The number of hydrogen-bond acceptors (Lipinski definition) is 8. The number of nitrogens with one attached hydrogen (secondary N) is 1. The Morgan fingerprint density at radius 2 is 2.08 bits per heavy atom. The second-order valence-electron chi connectivity index (χ2n) is 2.14. The van der Waals surface area contributed by atoms with Crippen LogP contribution in [0.3, 0.4) is 0 Å². The summed E-state index contributed by atoms with van der Waals surface area (Å²) >= 11 is 0. The summed E-state index contributed by atoms with van der Waals surface area (Å²) in [6.45, 7) is 2.44. The second-order valence-corrected chi connectivity index (χ2v) is 2.14. The lowest BCUT2D eigenvalue weighted by Gasteiger charge is -2.07. The first-order valence-electron chi connectivity index (χ1n) is 3.56. The Balaban J connectivity index is 2.96. The van der Waals surface area contributed by atoms with Crippen LogP contribution in [0, 0.1) is 0 Å². The van der Waals surface area contributed by atoms with E-state index in [0.717, 1.165) is 0 Å². The molecule has 0 saturated heterocycles. The van der Waals surface area contributed by atoms with Gasteiger partial charge in [0.2, 0.25) is 11.9 Å². The third kappa shape index (κ3) is 2.39. The zero-order valence-electron chi connectivity index (χ0n) is 6.97. The predicted molar refractivity (Wildman–Crippen MR) is 44.5 cm³/mol. The summed E-state index contributed by atoms with van der Waals surface area (Å²) in [6.07, 6.45) is 0. The first kappa shape index (κ1) is 9.42. The molecule has 0 atom stereocenters. The molecule has 0 aromatic carbocycles. The Bertz CT molecular complexity index is 290. The molecule has 8 heteroatoms. The van der Waals surface area contributed by atoms with E-state index in [0.29, 0.717) is 6.54 Å². The van der Waals surface area contributed by atoms with Crippen LogP contribution in [-0.4, -0.2) is 31.9 Å². The van der Waals surface area contributed by atoms with Crippen molar-refractivity contribution >= 4 is 17.8 Å². The highest BCUT2D eigenvalue weighted by Crippen LogP contribution is 2.07. The molecule has 0 aliphatic heterocycles. The van der Waals surface area contributed by atoms with Crippen molar-refractivity contribution in [3.8, 4) is 0 Å². The lowest BCUT2D eigenvalue weighted by molar-refractivity contribution is 0.0242. The van der Waals surface area contributed by atoms with Gasteiger partial charge >= 0.3 is 0 Å². The van der Waals surface area contributed by atoms with E-state index in [9.17, 15) is 0 Å². The van der Waals surface area contributed by atoms with E-state index in [1.54, 1.807) is 0 Å². The summed E-state index contributed by atoms with van der Waals surface area (Å²) in [5.74, 6) is -0.226. The van der Waals surface area contributed by atoms with Crippen LogP contribution in [0.4, 0.5) is 17.8 Å². The Kier molecular flexibility index (Phi) is 2.77. The molecule has 72 valence electrons. The lowest BCUT2D eigenvalue weighted by atomic mass is 10.7. The van der Waals surface area contributed by atoms with E-state index in [2.05, 4.69) is 20.3 Å². The summed E-state index contributed by atoms with van der Waals surface area (Å²) in [4.78, 5) is 10.8. The van der Waals surface area contributed by atoms with Crippen LogP contribution < -0.4 is 16.3 Å². The molecule has 13 heavy (non-hydrogen) atoms. The fourth-order valence-corrected chi connectivity index (χ4v) is 0.707. The van der Waals surface area contributed by atoms with Gasteiger partial charge < -0.3 is 11.1 Å². The quantitative estimate of drug-likeness (QED) is 0.465. The van der Waals surface area contributed by atoms with Crippen LogP contribution in [0.25, 0.3) is 0 Å². The summed E-state index contributed by atoms with van der Waals surface area (Å²) < 4.78 is 0. The van der Waals surface area contributed by atoms with E-state index in [4.69, 9.17) is 16.1 Å². The minimum Gasteiger partial charge on any atom is -0.368 e. The third-order valence-corrected chi connectivity index (χ3v) is 1.15. The lowest BCUT2D eigenvalue weighted by Crippen LogP contribution is -2.17. The van der Waals surface area contributed by atoms with Gasteiger partial charge in [0, 0.05) is 6.54 Å². The van der Waals surface area contributed by atoms with Crippen molar-refractivity contribution in [2.45, 2.75) is 6.92 Å². The molecular weight excluding hydrogens is 176 g/mol. The molecule has 0 unspecified atom stereocenters. The van der Waals surface area contributed by atoms with Gasteiger partial charge in [-0.1, -0.05) is 5.23 Å². The molecule has 0 spiro atoms. The summed E-state index contributed by atoms with van der Waals surface area (Å²) in [7, 11) is 0. The number of aromatic nitrogens is 3. The highest BCUT2D eigenvalue weighted by Gasteiger charge is 2.07. The maximum Gasteiger partial charge on any atom is 0.283 e. The van der Waals surface area contributed by atoms with E-state index in [1.165, 1.54) is 0 Å². The molecule has 1 heterocycles. The molecule has 0 radical (unpaired) electrons. The third-order valence-electron chi connectivity index (χ3n) is 1.15. The van der Waals surface area contributed by atoms with Gasteiger partial charge in [-0.05, 0) is 6.92 Å². The average Bonchev–Trinajstić information content (AvgIpc) is 2.03. The molecule has 5 N–H and O–H groups in total. The van der Waals surface area contributed by atoms with Gasteiger partial charge in [-0.25, -0.2) is 0 Å². The molecule has 0 fully saturated rings. The highest BCUT2D eigenvalue weighted by molar-refractivity contribution is 5.38. The van der Waals surface area contributed by atoms with Crippen molar-refractivity contribution in [1.82, 2.24) is 15.0 Å². The first-order chi connectivity index (χ1) is 6.13. The van der Waals surface area contributed by atoms with E-state index in [-0.39, 0.29) is 23.1 Å². The fraction of sp³-hybridized carbons (Fsp3) is 0.400. The standard InChI is InChI=1S/C5H10N6O2/c1-2-7-4-8-3(6)9-5(10-4)11(12)13/h12-13H,2H2,1H3,(H3,6,7,8,9,10). The molecule has 0 amide bonds. The Morgan fingerprint density at radius 1 is 1.38 bits per heavy atom. The van der Waals surface area contributed by atoms with E-state index >= 15 is 0 Å². The highest BCUT2D eigenvalue weighted by atomic mass is 16.8. The number of nitrogen functional groups attached to an aromatic ring is 1. The van der Waals surface area contributed by atoms with Crippen molar-refractivity contribution in [2.24, 2.45) is 0 Å². The number of nitrogens with zero attached hydrogens (tertiary/aromatic N) is 4. The van der Waals surface area contributed by atoms with Crippen LogP contribution in [-0.2, 0) is 0 Å². The fourth-order valence-electron chi connectivity index (χ4n) is 0.707. The number of rotatable bonds is 3. The van der Waals surface area contributed by atoms with E-state index in [1.807, 2.05) is 6.92 Å². The van der Waals surface area contributed by atoms with Crippen LogP contribution >= 0.6 is 0 Å². The zero-order valence-corrected chi connectivity index (χ0v) is 6.97. The minimum absolute atomic E-state index is 0.0888. The number of nitrogens with two attached hydrogens (primary N) is 1. The molecular formula is C5H10N6O2. The second kappa shape index (κ2) is 3.83. The average molecular weight is 186 g/mol. The maximum atomic E-state index is 8.59. The van der Waals surface area contributed by atoms with Crippen molar-refractivity contribution in [1.29, 1.82) is 0 Å². The molecule has 0 aliphatic rings. The Hall–Kier alpha value is -1.67. The smallest absolute Gasteiger partial charge is 0.283 e. The first-order valence-corrected chi connectivity index (χ1v) is 3.56. The van der Waals surface area contributed by atoms with Crippen LogP contribution in [0.15, 0.2) is 0 Å². The van der Waals surface area contributed by atoms with Gasteiger partial charge in [0.15, 0.2) is 0 Å². The molecule has 0 saturated carbocycles. The van der Waals surface area contributed by atoms with Crippen molar-refractivity contribution in [2.75, 3.05) is 22.8 Å². The normalized spacial score (nSPS) is 9.77. The molecule has 1 rings (SSSR count). The van der Waals surface area contributed by atoms with Crippen LogP contribution in [0.2, 0.25) is 0 Å². The van der Waals surface area contributed by atoms with E-state index < -0.39 is 0 Å². The minimum atomic E-state index is -0.330. The van der Waals surface area contributed by atoms with Crippen molar-refractivity contribution in [3.63, 3.8) is 0 Å². The summed E-state index contributed by atoms with van der Waals surface area (Å²) in [6, 6.07) is 0. The zero-order chi connectivity index (χ0) is 9.84. The summed E-state index contributed by atoms with van der Waals surface area (Å²) in [5, 5.41) is 19.7. The van der Waals surface area contributed by atoms with Gasteiger partial charge in [0.05, 0.1) is 0 Å². The van der Waals surface area contributed by atoms with Crippen LogP contribution in [0.1, 0.15) is 6.92 Å². The van der Waals surface area contributed by atoms with Gasteiger partial charge in [-0.15, -0.1) is 0 Å². The molecule has 0 aliphatic carbocycles. The predicted octanol–water partition coefficient (Wildman–Crippen LogP) is -0.530. The maximum absolute atomic E-state index is 8.59. The molecule has 8 nitrogen and oxygen atoms in total. The van der Waals surface area contributed by atoms with Crippen molar-refractivity contribution < 1.29 is 10.4 Å². The Morgan fingerprint density at radius 3 is 2.62 bits per heavy atom. The SMILES string of the molecule is CCNc1nc(N)nc(N(O)O)n1. The monoisotopic (exact) mass is 186 g/mol. The van der Waals surface area contributed by atoms with Gasteiger partial charge in [0.25, 0.3) is 5.95 Å². The van der Waals surface area contributed by atoms with Crippen LogP contribution in [0.5, 0.6) is 0 Å².